The van der Waals surface area contributed by atoms with Crippen molar-refractivity contribution in [3.05, 3.63) is 86.1 Å². The summed E-state index contributed by atoms with van der Waals surface area (Å²) in [7, 11) is 0. The molecule has 1 fully saturated rings. The Morgan fingerprint density at radius 2 is 1.76 bits per heavy atom. The van der Waals surface area contributed by atoms with Crippen molar-refractivity contribution in [1.82, 2.24) is 4.90 Å². The van der Waals surface area contributed by atoms with E-state index in [2.05, 4.69) is 0 Å². The van der Waals surface area contributed by atoms with E-state index in [1.165, 1.54) is 28.0 Å². The summed E-state index contributed by atoms with van der Waals surface area (Å²) < 4.78 is 5.76. The fourth-order valence-electron chi connectivity index (χ4n) is 3.41. The zero-order valence-electron chi connectivity index (χ0n) is 17.5. The standard InChI is InChI=1S/C23H15Cl2N3O5S/c1-2-26-21(29)17(22(30)27(23(26)34)15-6-4-14(24)5-7-15)12-16-8-10-20(33-16)13-3-9-18(25)19(11-13)28(31)32/h3-12H,2H2,1H3/b17-12-. The van der Waals surface area contributed by atoms with Gasteiger partial charge >= 0.3 is 0 Å². The first-order valence-corrected chi connectivity index (χ1v) is 11.1. The monoisotopic (exact) mass is 515 g/mol. The summed E-state index contributed by atoms with van der Waals surface area (Å²) >= 11 is 17.2. The zero-order valence-corrected chi connectivity index (χ0v) is 19.9. The quantitative estimate of drug-likeness (QED) is 0.141. The molecule has 0 spiro atoms. The van der Waals surface area contributed by atoms with Gasteiger partial charge in [-0.25, -0.2) is 0 Å². The number of thiocarbonyl (C=S) groups is 1. The normalized spacial score (nSPS) is 15.4. The molecule has 34 heavy (non-hydrogen) atoms. The fraction of sp³-hybridized carbons (Fsp3) is 0.0870. The summed E-state index contributed by atoms with van der Waals surface area (Å²) in [6, 6.07) is 13.9. The van der Waals surface area contributed by atoms with Crippen molar-refractivity contribution >= 4 is 69.8 Å². The summed E-state index contributed by atoms with van der Waals surface area (Å²) in [6.45, 7) is 2.00. The van der Waals surface area contributed by atoms with Gasteiger partial charge in [0.15, 0.2) is 5.11 Å². The molecule has 11 heteroatoms. The largest absolute Gasteiger partial charge is 0.457 e. The third-order valence-corrected chi connectivity index (χ3v) is 6.05. The molecule has 8 nitrogen and oxygen atoms in total. The van der Waals surface area contributed by atoms with Crippen LogP contribution in [0.25, 0.3) is 17.4 Å². The van der Waals surface area contributed by atoms with Crippen LogP contribution in [0.4, 0.5) is 11.4 Å². The Morgan fingerprint density at radius 1 is 1.06 bits per heavy atom. The van der Waals surface area contributed by atoms with Crippen molar-refractivity contribution < 1.29 is 18.9 Å². The van der Waals surface area contributed by atoms with Crippen LogP contribution in [0.5, 0.6) is 0 Å². The highest BCUT2D eigenvalue weighted by atomic mass is 35.5. The molecule has 0 N–H and O–H groups in total. The maximum atomic E-state index is 13.3. The number of benzene rings is 2. The minimum absolute atomic E-state index is 0.000960. The van der Waals surface area contributed by atoms with Gasteiger partial charge in [0.2, 0.25) is 0 Å². The van der Waals surface area contributed by atoms with Gasteiger partial charge in [0.05, 0.1) is 10.6 Å². The predicted octanol–water partition coefficient (Wildman–Crippen LogP) is 5.73. The molecule has 3 aromatic rings. The van der Waals surface area contributed by atoms with Crippen molar-refractivity contribution in [2.24, 2.45) is 0 Å². The number of carbonyl (C=O) groups is 2. The predicted molar refractivity (Wildman–Crippen MR) is 133 cm³/mol. The molecule has 0 aliphatic carbocycles. The van der Waals surface area contributed by atoms with Gasteiger partial charge in [0.1, 0.15) is 22.1 Å². The van der Waals surface area contributed by atoms with Gasteiger partial charge in [0.25, 0.3) is 17.5 Å². The second-order valence-electron chi connectivity index (χ2n) is 7.13. The number of hydrogen-bond acceptors (Lipinski definition) is 6. The highest BCUT2D eigenvalue weighted by Gasteiger charge is 2.39. The average Bonchev–Trinajstić information content (AvgIpc) is 3.27. The van der Waals surface area contributed by atoms with Crippen LogP contribution in [0.15, 0.2) is 64.6 Å². The Labute approximate surface area is 209 Å². The Balaban J connectivity index is 1.72. The van der Waals surface area contributed by atoms with Crippen molar-refractivity contribution in [1.29, 1.82) is 0 Å². The number of carbonyl (C=O) groups excluding carboxylic acids is 2. The van der Waals surface area contributed by atoms with Crippen LogP contribution in [0, 0.1) is 10.1 Å². The second-order valence-corrected chi connectivity index (χ2v) is 8.34. The lowest BCUT2D eigenvalue weighted by atomic mass is 10.1. The van der Waals surface area contributed by atoms with E-state index in [-0.39, 0.29) is 33.7 Å². The molecule has 1 aromatic heterocycles. The van der Waals surface area contributed by atoms with E-state index < -0.39 is 16.7 Å². The van der Waals surface area contributed by atoms with E-state index in [1.54, 1.807) is 49.4 Å². The molecule has 1 aliphatic heterocycles. The van der Waals surface area contributed by atoms with Crippen LogP contribution < -0.4 is 4.90 Å². The number of nitro benzene ring substituents is 1. The molecule has 0 bridgehead atoms. The summed E-state index contributed by atoms with van der Waals surface area (Å²) in [5.41, 5.74) is 0.471. The molecular formula is C23H15Cl2N3O5S. The van der Waals surface area contributed by atoms with Gasteiger partial charge in [-0.15, -0.1) is 0 Å². The van der Waals surface area contributed by atoms with Gasteiger partial charge in [0, 0.05) is 23.2 Å². The number of nitro groups is 1. The lowest BCUT2D eigenvalue weighted by Crippen LogP contribution is -2.56. The Kier molecular flexibility index (Phi) is 6.52. The molecule has 0 atom stereocenters. The lowest BCUT2D eigenvalue weighted by molar-refractivity contribution is -0.384. The fourth-order valence-corrected chi connectivity index (χ4v) is 4.12. The van der Waals surface area contributed by atoms with Crippen LogP contribution in [0.2, 0.25) is 10.0 Å². The number of nitrogens with zero attached hydrogens (tertiary/aromatic N) is 3. The van der Waals surface area contributed by atoms with Crippen molar-refractivity contribution in [2.75, 3.05) is 11.4 Å². The van der Waals surface area contributed by atoms with Crippen LogP contribution in [0.3, 0.4) is 0 Å². The van der Waals surface area contributed by atoms with E-state index in [0.717, 1.165) is 0 Å². The maximum Gasteiger partial charge on any atom is 0.288 e. The van der Waals surface area contributed by atoms with Crippen LogP contribution in [-0.4, -0.2) is 33.3 Å². The van der Waals surface area contributed by atoms with E-state index in [9.17, 15) is 19.7 Å². The SMILES string of the molecule is CCN1C(=O)/C(=C/c2ccc(-c3ccc(Cl)c([N+](=O)[O-])c3)o2)C(=O)N(c2ccc(Cl)cc2)C1=S. The smallest absolute Gasteiger partial charge is 0.288 e. The third-order valence-electron chi connectivity index (χ3n) is 5.07. The molecule has 0 radical (unpaired) electrons. The zero-order chi connectivity index (χ0) is 24.6. The molecule has 4 rings (SSSR count). The molecule has 0 saturated carbocycles. The maximum absolute atomic E-state index is 13.3. The molecular weight excluding hydrogens is 501 g/mol. The van der Waals surface area contributed by atoms with Crippen LogP contribution >= 0.6 is 35.4 Å². The summed E-state index contributed by atoms with van der Waals surface area (Å²) in [6.07, 6.45) is 1.33. The summed E-state index contributed by atoms with van der Waals surface area (Å²) in [4.78, 5) is 39.5. The molecule has 2 aromatic carbocycles. The number of furan rings is 1. The third kappa shape index (κ3) is 4.33. The Hall–Kier alpha value is -3.53. The van der Waals surface area contributed by atoms with Crippen molar-refractivity contribution in [3.63, 3.8) is 0 Å². The number of rotatable bonds is 5. The minimum atomic E-state index is -0.609. The van der Waals surface area contributed by atoms with Gasteiger partial charge in [-0.05, 0) is 73.7 Å². The first-order valence-electron chi connectivity index (χ1n) is 9.93. The number of hydrogen-bond donors (Lipinski definition) is 0. The first kappa shape index (κ1) is 23.6. The molecule has 172 valence electrons. The number of anilines is 1. The van der Waals surface area contributed by atoms with Crippen LogP contribution in [0.1, 0.15) is 12.7 Å². The van der Waals surface area contributed by atoms with Crippen molar-refractivity contribution in [2.45, 2.75) is 6.92 Å². The van der Waals surface area contributed by atoms with Crippen molar-refractivity contribution in [3.8, 4) is 11.3 Å². The number of likely N-dealkylation sites (N-methyl/N-ethyl adjacent to an activating group) is 1. The van der Waals surface area contributed by atoms with Gasteiger partial charge in [-0.1, -0.05) is 23.2 Å². The minimum Gasteiger partial charge on any atom is -0.457 e. The van der Waals surface area contributed by atoms with Gasteiger partial charge < -0.3 is 4.42 Å². The molecule has 1 aliphatic rings. The van der Waals surface area contributed by atoms with E-state index in [0.29, 0.717) is 22.0 Å². The molecule has 2 amide bonds. The lowest BCUT2D eigenvalue weighted by Gasteiger charge is -2.35. The summed E-state index contributed by atoms with van der Waals surface area (Å²) in [5, 5.41) is 11.7. The van der Waals surface area contributed by atoms with E-state index in [1.807, 2.05) is 0 Å². The number of halogens is 2. The van der Waals surface area contributed by atoms with Gasteiger partial charge in [-0.3, -0.25) is 29.5 Å². The highest BCUT2D eigenvalue weighted by molar-refractivity contribution is 7.80. The molecule has 0 unspecified atom stereocenters. The van der Waals surface area contributed by atoms with Crippen LogP contribution in [-0.2, 0) is 9.59 Å². The molecule has 1 saturated heterocycles. The van der Waals surface area contributed by atoms with E-state index >= 15 is 0 Å². The number of amides is 2. The van der Waals surface area contributed by atoms with E-state index in [4.69, 9.17) is 39.8 Å². The van der Waals surface area contributed by atoms with Gasteiger partial charge in [-0.2, -0.15) is 0 Å². The average molecular weight is 516 g/mol. The topological polar surface area (TPSA) is 96.9 Å². The highest BCUT2D eigenvalue weighted by Crippen LogP contribution is 2.32. The Morgan fingerprint density at radius 3 is 2.41 bits per heavy atom. The molecule has 2 heterocycles. The first-order chi connectivity index (χ1) is 16.2. The second kappa shape index (κ2) is 9.38. The Bertz CT molecular complexity index is 1370. The summed E-state index contributed by atoms with van der Waals surface area (Å²) in [5.74, 6) is -0.645.